The molecule has 0 aromatic heterocycles. The van der Waals surface area contributed by atoms with Crippen LogP contribution in [-0.2, 0) is 0 Å². The fourth-order valence-electron chi connectivity index (χ4n) is 1.61. The van der Waals surface area contributed by atoms with Crippen LogP contribution in [0.25, 0.3) is 10.8 Å². The zero-order valence-electron chi connectivity index (χ0n) is 8.16. The van der Waals surface area contributed by atoms with Gasteiger partial charge in [-0.25, -0.2) is 0 Å². The van der Waals surface area contributed by atoms with Gasteiger partial charge in [0.05, 0.1) is 6.26 Å². The van der Waals surface area contributed by atoms with E-state index in [1.807, 2.05) is 24.3 Å². The summed E-state index contributed by atoms with van der Waals surface area (Å²) in [7, 11) is 0. The zero-order valence-corrected chi connectivity index (χ0v) is 8.16. The van der Waals surface area contributed by atoms with Crippen molar-refractivity contribution in [3.63, 3.8) is 0 Å². The Labute approximate surface area is 83.6 Å². The standard InChI is InChI=1S/C13H12O/c1-3-14-13-9-10(2)8-11-6-4-5-7-12(11)13/h3-9H,1H2,2H3. The van der Waals surface area contributed by atoms with E-state index in [0.29, 0.717) is 0 Å². The summed E-state index contributed by atoms with van der Waals surface area (Å²) in [5.41, 5.74) is 1.19. The smallest absolute Gasteiger partial charge is 0.134 e. The van der Waals surface area contributed by atoms with Crippen molar-refractivity contribution in [1.82, 2.24) is 0 Å². The third-order valence-corrected chi connectivity index (χ3v) is 2.18. The quantitative estimate of drug-likeness (QED) is 0.647. The van der Waals surface area contributed by atoms with Gasteiger partial charge >= 0.3 is 0 Å². The number of ether oxygens (including phenoxy) is 1. The van der Waals surface area contributed by atoms with Gasteiger partial charge < -0.3 is 4.74 Å². The predicted molar refractivity (Wildman–Crippen MR) is 59.5 cm³/mol. The maximum atomic E-state index is 5.36. The fourth-order valence-corrected chi connectivity index (χ4v) is 1.61. The Morgan fingerprint density at radius 1 is 1.21 bits per heavy atom. The maximum Gasteiger partial charge on any atom is 0.134 e. The van der Waals surface area contributed by atoms with E-state index in [1.54, 1.807) is 0 Å². The first-order chi connectivity index (χ1) is 6.81. The molecule has 70 valence electrons. The summed E-state index contributed by atoms with van der Waals surface area (Å²) in [6, 6.07) is 12.3. The normalized spacial score (nSPS) is 10.1. The van der Waals surface area contributed by atoms with Crippen LogP contribution < -0.4 is 4.74 Å². The molecule has 0 aliphatic heterocycles. The summed E-state index contributed by atoms with van der Waals surface area (Å²) in [5.74, 6) is 0.871. The van der Waals surface area contributed by atoms with Gasteiger partial charge in [-0.2, -0.15) is 0 Å². The van der Waals surface area contributed by atoms with Gasteiger partial charge in [-0.15, -0.1) is 0 Å². The average Bonchev–Trinajstić information content (AvgIpc) is 2.18. The van der Waals surface area contributed by atoms with E-state index < -0.39 is 0 Å². The van der Waals surface area contributed by atoms with Gasteiger partial charge in [-0.3, -0.25) is 0 Å². The highest BCUT2D eigenvalue weighted by Gasteiger charge is 2.01. The van der Waals surface area contributed by atoms with Gasteiger partial charge in [0, 0.05) is 5.39 Å². The van der Waals surface area contributed by atoms with Crippen molar-refractivity contribution in [1.29, 1.82) is 0 Å². The minimum Gasteiger partial charge on any atom is -0.465 e. The molecule has 0 spiro atoms. The Morgan fingerprint density at radius 3 is 2.79 bits per heavy atom. The Balaban J connectivity index is 2.73. The zero-order chi connectivity index (χ0) is 9.97. The monoisotopic (exact) mass is 184 g/mol. The van der Waals surface area contributed by atoms with Gasteiger partial charge in [-0.1, -0.05) is 36.9 Å². The van der Waals surface area contributed by atoms with Crippen molar-refractivity contribution < 1.29 is 4.74 Å². The van der Waals surface area contributed by atoms with E-state index in [4.69, 9.17) is 4.74 Å². The molecule has 0 bridgehead atoms. The van der Waals surface area contributed by atoms with E-state index >= 15 is 0 Å². The highest BCUT2D eigenvalue weighted by molar-refractivity contribution is 5.89. The molecular formula is C13H12O. The summed E-state index contributed by atoms with van der Waals surface area (Å²) in [5, 5.41) is 2.32. The molecule has 0 amide bonds. The summed E-state index contributed by atoms with van der Waals surface area (Å²) >= 11 is 0. The van der Waals surface area contributed by atoms with E-state index in [2.05, 4.69) is 25.6 Å². The molecule has 14 heavy (non-hydrogen) atoms. The lowest BCUT2D eigenvalue weighted by Gasteiger charge is -2.06. The van der Waals surface area contributed by atoms with Crippen molar-refractivity contribution in [3.05, 3.63) is 54.8 Å². The van der Waals surface area contributed by atoms with Crippen LogP contribution in [-0.4, -0.2) is 0 Å². The van der Waals surface area contributed by atoms with Crippen LogP contribution in [0, 0.1) is 6.92 Å². The maximum absolute atomic E-state index is 5.36. The second-order valence-electron chi connectivity index (χ2n) is 3.27. The fraction of sp³-hybridized carbons (Fsp3) is 0.0769. The molecule has 0 radical (unpaired) electrons. The van der Waals surface area contributed by atoms with Crippen LogP contribution in [0.5, 0.6) is 5.75 Å². The second-order valence-corrected chi connectivity index (χ2v) is 3.27. The molecule has 0 aliphatic rings. The molecule has 0 N–H and O–H groups in total. The Bertz CT molecular complexity index is 472. The molecule has 0 saturated carbocycles. The molecule has 1 heteroatoms. The second kappa shape index (κ2) is 3.54. The van der Waals surface area contributed by atoms with E-state index in [9.17, 15) is 0 Å². The Morgan fingerprint density at radius 2 is 2.00 bits per heavy atom. The molecular weight excluding hydrogens is 172 g/mol. The van der Waals surface area contributed by atoms with Crippen LogP contribution in [0.1, 0.15) is 5.56 Å². The van der Waals surface area contributed by atoms with E-state index in [-0.39, 0.29) is 0 Å². The molecule has 2 aromatic rings. The lowest BCUT2D eigenvalue weighted by Crippen LogP contribution is -1.84. The number of aryl methyl sites for hydroxylation is 1. The van der Waals surface area contributed by atoms with Gasteiger partial charge in [-0.05, 0) is 23.9 Å². The SMILES string of the molecule is C=COc1cc(C)cc2ccccc12. The van der Waals surface area contributed by atoms with Crippen LogP contribution in [0.2, 0.25) is 0 Å². The van der Waals surface area contributed by atoms with Crippen molar-refractivity contribution in [2.75, 3.05) is 0 Å². The summed E-state index contributed by atoms with van der Waals surface area (Å²) in [4.78, 5) is 0. The molecule has 0 unspecified atom stereocenters. The van der Waals surface area contributed by atoms with Crippen LogP contribution in [0.3, 0.4) is 0 Å². The first-order valence-corrected chi connectivity index (χ1v) is 4.58. The number of benzene rings is 2. The molecule has 2 aromatic carbocycles. The lowest BCUT2D eigenvalue weighted by molar-refractivity contribution is 0.489. The summed E-state index contributed by atoms with van der Waals surface area (Å²) < 4.78 is 5.36. The molecule has 0 heterocycles. The molecule has 1 nitrogen and oxygen atoms in total. The lowest BCUT2D eigenvalue weighted by atomic mass is 10.1. The first-order valence-electron chi connectivity index (χ1n) is 4.58. The minimum atomic E-state index is 0.871. The van der Waals surface area contributed by atoms with Crippen LogP contribution in [0.15, 0.2) is 49.2 Å². The molecule has 0 saturated heterocycles. The number of rotatable bonds is 2. The largest absolute Gasteiger partial charge is 0.465 e. The molecule has 0 atom stereocenters. The van der Waals surface area contributed by atoms with Crippen LogP contribution in [0.4, 0.5) is 0 Å². The summed E-state index contributed by atoms with van der Waals surface area (Å²) in [6.45, 7) is 5.63. The van der Waals surface area contributed by atoms with E-state index in [0.717, 1.165) is 11.1 Å². The number of hydrogen-bond acceptors (Lipinski definition) is 1. The third kappa shape index (κ3) is 1.49. The minimum absolute atomic E-state index is 0.871. The van der Waals surface area contributed by atoms with E-state index in [1.165, 1.54) is 17.2 Å². The number of fused-ring (bicyclic) bond motifs is 1. The van der Waals surface area contributed by atoms with Gasteiger partial charge in [0.25, 0.3) is 0 Å². The van der Waals surface area contributed by atoms with Gasteiger partial charge in [0.1, 0.15) is 5.75 Å². The molecule has 0 aliphatic carbocycles. The molecule has 2 rings (SSSR count). The third-order valence-electron chi connectivity index (χ3n) is 2.18. The highest BCUT2D eigenvalue weighted by Crippen LogP contribution is 2.27. The Kier molecular flexibility index (Phi) is 2.23. The van der Waals surface area contributed by atoms with Gasteiger partial charge in [0.2, 0.25) is 0 Å². The average molecular weight is 184 g/mol. The summed E-state index contributed by atoms with van der Waals surface area (Å²) in [6.07, 6.45) is 1.46. The highest BCUT2D eigenvalue weighted by atomic mass is 16.5. The van der Waals surface area contributed by atoms with Crippen molar-refractivity contribution in [2.45, 2.75) is 6.92 Å². The Hall–Kier alpha value is -1.76. The van der Waals surface area contributed by atoms with Crippen molar-refractivity contribution in [2.24, 2.45) is 0 Å². The molecule has 0 fully saturated rings. The van der Waals surface area contributed by atoms with Gasteiger partial charge in [0.15, 0.2) is 0 Å². The van der Waals surface area contributed by atoms with Crippen molar-refractivity contribution in [3.8, 4) is 5.75 Å². The first kappa shape index (κ1) is 8.82. The van der Waals surface area contributed by atoms with Crippen LogP contribution >= 0.6 is 0 Å². The predicted octanol–water partition coefficient (Wildman–Crippen LogP) is 3.67. The van der Waals surface area contributed by atoms with Crippen molar-refractivity contribution >= 4 is 10.8 Å². The topological polar surface area (TPSA) is 9.23 Å². The number of hydrogen-bond donors (Lipinski definition) is 0.